The van der Waals surface area contributed by atoms with Crippen LogP contribution in [0, 0.1) is 13.8 Å². The Morgan fingerprint density at radius 2 is 1.59 bits per heavy atom. The summed E-state index contributed by atoms with van der Waals surface area (Å²) in [5.74, 6) is 1.77. The minimum atomic E-state index is -3.66. The zero-order chi connectivity index (χ0) is 26.2. The first-order valence-corrected chi connectivity index (χ1v) is 13.6. The van der Waals surface area contributed by atoms with E-state index in [2.05, 4.69) is 46.5 Å². The van der Waals surface area contributed by atoms with E-state index in [1.54, 1.807) is 18.3 Å². The summed E-state index contributed by atoms with van der Waals surface area (Å²) in [5, 5.41) is 0. The van der Waals surface area contributed by atoms with Crippen LogP contribution < -0.4 is 9.47 Å². The van der Waals surface area contributed by atoms with Crippen LogP contribution in [0.2, 0.25) is 0 Å². The number of sulfonamides is 1. The van der Waals surface area contributed by atoms with Crippen LogP contribution in [-0.2, 0) is 16.6 Å². The van der Waals surface area contributed by atoms with Crippen LogP contribution in [-0.4, -0.2) is 72.6 Å². The van der Waals surface area contributed by atoms with Gasteiger partial charge < -0.3 is 9.47 Å². The van der Waals surface area contributed by atoms with Gasteiger partial charge in [0.1, 0.15) is 11.3 Å². The maximum absolute atomic E-state index is 13.3. The normalized spacial score (nSPS) is 15.2. The molecule has 37 heavy (non-hydrogen) atoms. The van der Waals surface area contributed by atoms with Gasteiger partial charge in [0.2, 0.25) is 10.0 Å². The Morgan fingerprint density at radius 1 is 0.892 bits per heavy atom. The van der Waals surface area contributed by atoms with Crippen molar-refractivity contribution in [3.63, 3.8) is 0 Å². The van der Waals surface area contributed by atoms with Crippen LogP contribution in [0.4, 0.5) is 0 Å². The van der Waals surface area contributed by atoms with Gasteiger partial charge in [-0.15, -0.1) is 0 Å². The number of aromatic nitrogens is 3. The molecular formula is C27H31N5O4S. The second-order valence-corrected chi connectivity index (χ2v) is 11.2. The molecule has 0 N–H and O–H groups in total. The summed E-state index contributed by atoms with van der Waals surface area (Å²) in [5.41, 5.74) is 5.03. The molecule has 1 fully saturated rings. The maximum atomic E-state index is 13.3. The highest BCUT2D eigenvalue weighted by molar-refractivity contribution is 7.89. The predicted molar refractivity (Wildman–Crippen MR) is 142 cm³/mol. The van der Waals surface area contributed by atoms with E-state index in [9.17, 15) is 8.42 Å². The molecule has 2 aromatic carbocycles. The molecule has 0 bridgehead atoms. The lowest BCUT2D eigenvalue weighted by Gasteiger charge is -2.33. The fourth-order valence-electron chi connectivity index (χ4n) is 4.87. The van der Waals surface area contributed by atoms with E-state index in [0.29, 0.717) is 44.2 Å². The zero-order valence-electron chi connectivity index (χ0n) is 21.5. The smallest absolute Gasteiger partial charge is 0.243 e. The third-order valence-electron chi connectivity index (χ3n) is 6.64. The van der Waals surface area contributed by atoms with Gasteiger partial charge in [-0.3, -0.25) is 9.47 Å². The van der Waals surface area contributed by atoms with Crippen molar-refractivity contribution in [3.8, 4) is 17.2 Å². The van der Waals surface area contributed by atoms with Crippen LogP contribution in [0.5, 0.6) is 11.5 Å². The van der Waals surface area contributed by atoms with E-state index < -0.39 is 10.0 Å². The van der Waals surface area contributed by atoms with Gasteiger partial charge in [0.15, 0.2) is 17.1 Å². The minimum absolute atomic E-state index is 0.196. The molecular weight excluding hydrogens is 490 g/mol. The number of pyridine rings is 1. The van der Waals surface area contributed by atoms with Gasteiger partial charge in [-0.05, 0) is 61.4 Å². The molecule has 194 valence electrons. The number of methoxy groups -OCH3 is 2. The lowest BCUT2D eigenvalue weighted by molar-refractivity contribution is 0.177. The summed E-state index contributed by atoms with van der Waals surface area (Å²) < 4.78 is 40.8. The van der Waals surface area contributed by atoms with Crippen molar-refractivity contribution in [2.45, 2.75) is 25.3 Å². The highest BCUT2D eigenvalue weighted by Crippen LogP contribution is 2.31. The van der Waals surface area contributed by atoms with Crippen molar-refractivity contribution in [2.24, 2.45) is 0 Å². The Labute approximate surface area is 217 Å². The molecule has 0 saturated carbocycles. The largest absolute Gasteiger partial charge is 0.493 e. The van der Waals surface area contributed by atoms with Crippen molar-refractivity contribution < 1.29 is 17.9 Å². The molecule has 0 amide bonds. The summed E-state index contributed by atoms with van der Waals surface area (Å²) in [6.45, 7) is 6.72. The molecule has 4 aromatic rings. The molecule has 1 saturated heterocycles. The number of hydrogen-bond acceptors (Lipinski definition) is 7. The van der Waals surface area contributed by atoms with Gasteiger partial charge in [-0.2, -0.15) is 4.31 Å². The van der Waals surface area contributed by atoms with Crippen LogP contribution in [0.1, 0.15) is 17.0 Å². The Bertz CT molecular complexity index is 1520. The summed E-state index contributed by atoms with van der Waals surface area (Å²) >= 11 is 0. The first kappa shape index (κ1) is 25.2. The molecule has 2 aromatic heterocycles. The zero-order valence-corrected chi connectivity index (χ0v) is 22.3. The third kappa shape index (κ3) is 4.92. The lowest BCUT2D eigenvalue weighted by atomic mass is 10.1. The summed E-state index contributed by atoms with van der Waals surface area (Å²) in [6, 6.07) is 15.0. The van der Waals surface area contributed by atoms with Crippen molar-refractivity contribution in [3.05, 3.63) is 71.7 Å². The van der Waals surface area contributed by atoms with Gasteiger partial charge in [-0.25, -0.2) is 18.4 Å². The summed E-state index contributed by atoms with van der Waals surface area (Å²) in [6.07, 6.45) is 1.78. The Hall–Kier alpha value is -3.47. The van der Waals surface area contributed by atoms with Gasteiger partial charge >= 0.3 is 0 Å². The van der Waals surface area contributed by atoms with Crippen LogP contribution in [0.3, 0.4) is 0 Å². The van der Waals surface area contributed by atoms with Crippen molar-refractivity contribution in [1.29, 1.82) is 0 Å². The van der Waals surface area contributed by atoms with E-state index in [1.807, 2.05) is 12.1 Å². The van der Waals surface area contributed by atoms with Crippen molar-refractivity contribution in [1.82, 2.24) is 23.7 Å². The SMILES string of the molecule is COc1ccc(S(=O)(=O)N2CCN(Cc3nc4cccnc4n3-c3cc(C)cc(C)c3)CC2)cc1OC. The van der Waals surface area contributed by atoms with Crippen LogP contribution in [0.25, 0.3) is 16.9 Å². The van der Waals surface area contributed by atoms with E-state index in [1.165, 1.54) is 35.7 Å². The second kappa shape index (κ2) is 10.1. The average molecular weight is 522 g/mol. The van der Waals surface area contributed by atoms with E-state index in [-0.39, 0.29) is 4.90 Å². The van der Waals surface area contributed by atoms with Crippen LogP contribution in [0.15, 0.2) is 59.6 Å². The monoisotopic (exact) mass is 521 g/mol. The number of benzene rings is 2. The van der Waals surface area contributed by atoms with E-state index in [4.69, 9.17) is 14.5 Å². The number of imidazole rings is 1. The van der Waals surface area contributed by atoms with E-state index >= 15 is 0 Å². The number of aryl methyl sites for hydroxylation is 2. The molecule has 0 aliphatic carbocycles. The van der Waals surface area contributed by atoms with Gasteiger partial charge in [-0.1, -0.05) is 6.07 Å². The molecule has 9 nitrogen and oxygen atoms in total. The molecule has 10 heteroatoms. The molecule has 1 aliphatic rings. The number of ether oxygens (including phenoxy) is 2. The average Bonchev–Trinajstić information content (AvgIpc) is 3.25. The van der Waals surface area contributed by atoms with Crippen molar-refractivity contribution >= 4 is 21.2 Å². The lowest BCUT2D eigenvalue weighted by Crippen LogP contribution is -2.48. The molecule has 1 aliphatic heterocycles. The standard InChI is InChI=1S/C27H31N5O4S/c1-19-14-20(2)16-21(15-19)32-26(29-23-6-5-9-28-27(23)32)18-30-10-12-31(13-11-30)37(33,34)22-7-8-24(35-3)25(17-22)36-4/h5-9,14-17H,10-13,18H2,1-4H3. The Morgan fingerprint density at radius 3 is 2.27 bits per heavy atom. The van der Waals surface area contributed by atoms with Crippen molar-refractivity contribution in [2.75, 3.05) is 40.4 Å². The molecule has 0 unspecified atom stereocenters. The highest BCUT2D eigenvalue weighted by Gasteiger charge is 2.30. The minimum Gasteiger partial charge on any atom is -0.493 e. The number of hydrogen-bond donors (Lipinski definition) is 0. The molecule has 0 radical (unpaired) electrons. The van der Waals surface area contributed by atoms with Gasteiger partial charge in [0.05, 0.1) is 25.7 Å². The number of rotatable bonds is 7. The number of nitrogens with zero attached hydrogens (tertiary/aromatic N) is 5. The highest BCUT2D eigenvalue weighted by atomic mass is 32.2. The Balaban J connectivity index is 1.37. The molecule has 3 heterocycles. The number of piperazine rings is 1. The third-order valence-corrected chi connectivity index (χ3v) is 8.53. The second-order valence-electron chi connectivity index (χ2n) is 9.25. The fraction of sp³-hybridized carbons (Fsp3) is 0.333. The topological polar surface area (TPSA) is 89.8 Å². The molecule has 0 atom stereocenters. The van der Waals surface area contributed by atoms with Gasteiger partial charge in [0, 0.05) is 44.1 Å². The fourth-order valence-corrected chi connectivity index (χ4v) is 6.31. The Kier molecular flexibility index (Phi) is 6.89. The first-order chi connectivity index (χ1) is 17.8. The predicted octanol–water partition coefficient (Wildman–Crippen LogP) is 3.56. The maximum Gasteiger partial charge on any atom is 0.243 e. The summed E-state index contributed by atoms with van der Waals surface area (Å²) in [4.78, 5) is 11.9. The summed E-state index contributed by atoms with van der Waals surface area (Å²) in [7, 11) is -0.639. The van der Waals surface area contributed by atoms with E-state index in [0.717, 1.165) is 22.7 Å². The van der Waals surface area contributed by atoms with Crippen LogP contribution >= 0.6 is 0 Å². The first-order valence-electron chi connectivity index (χ1n) is 12.2. The quantitative estimate of drug-likeness (QED) is 0.367. The molecule has 0 spiro atoms. The number of fused-ring (bicyclic) bond motifs is 1. The molecule has 5 rings (SSSR count). The van der Waals surface area contributed by atoms with Gasteiger partial charge in [0.25, 0.3) is 0 Å².